The molecule has 1 saturated heterocycles. The van der Waals surface area contributed by atoms with E-state index in [0.29, 0.717) is 32.7 Å². The largest absolute Gasteiger partial charge is 0.481 e. The van der Waals surface area contributed by atoms with Crippen LogP contribution in [0.3, 0.4) is 0 Å². The summed E-state index contributed by atoms with van der Waals surface area (Å²) in [6.07, 6.45) is -0.270. The van der Waals surface area contributed by atoms with Crippen LogP contribution in [-0.4, -0.2) is 115 Å². The van der Waals surface area contributed by atoms with Crippen LogP contribution >= 0.6 is 0 Å². The van der Waals surface area contributed by atoms with E-state index in [1.807, 2.05) is 101 Å². The summed E-state index contributed by atoms with van der Waals surface area (Å²) in [4.78, 5) is 56.6. The molecular formula is C37H46N4O8. The molecule has 12 nitrogen and oxygen atoms in total. The van der Waals surface area contributed by atoms with Crippen molar-refractivity contribution in [3.05, 3.63) is 108 Å². The van der Waals surface area contributed by atoms with Gasteiger partial charge in [-0.1, -0.05) is 91.0 Å². The van der Waals surface area contributed by atoms with Gasteiger partial charge in [0.2, 0.25) is 0 Å². The molecule has 1 unspecified atom stereocenters. The Labute approximate surface area is 287 Å². The van der Waals surface area contributed by atoms with Gasteiger partial charge in [0.05, 0.1) is 26.1 Å². The van der Waals surface area contributed by atoms with Crippen molar-refractivity contribution in [2.24, 2.45) is 0 Å². The number of carbonyl (C=O) groups is 4. The van der Waals surface area contributed by atoms with E-state index in [4.69, 9.17) is 14.2 Å². The lowest BCUT2D eigenvalue weighted by Crippen LogP contribution is -2.53. The van der Waals surface area contributed by atoms with Crippen molar-refractivity contribution in [1.29, 1.82) is 0 Å². The van der Waals surface area contributed by atoms with Crippen LogP contribution in [-0.2, 0) is 53.2 Å². The van der Waals surface area contributed by atoms with Gasteiger partial charge >= 0.3 is 23.9 Å². The van der Waals surface area contributed by atoms with Gasteiger partial charge in [-0.3, -0.25) is 33.9 Å². The quantitative estimate of drug-likeness (QED) is 0.192. The van der Waals surface area contributed by atoms with Crippen LogP contribution < -0.4 is 5.32 Å². The highest BCUT2D eigenvalue weighted by atomic mass is 16.5. The van der Waals surface area contributed by atoms with E-state index in [2.05, 4.69) is 5.32 Å². The summed E-state index contributed by atoms with van der Waals surface area (Å²) in [5.74, 6) is -2.35. The molecule has 12 heteroatoms. The monoisotopic (exact) mass is 674 g/mol. The zero-order chi connectivity index (χ0) is 34.7. The molecule has 2 N–H and O–H groups in total. The number of benzene rings is 3. The Morgan fingerprint density at radius 1 is 0.592 bits per heavy atom. The second kappa shape index (κ2) is 20.7. The highest BCUT2D eigenvalue weighted by molar-refractivity contribution is 5.73. The van der Waals surface area contributed by atoms with Gasteiger partial charge in [-0.25, -0.2) is 0 Å². The average Bonchev–Trinajstić information content (AvgIpc) is 3.10. The van der Waals surface area contributed by atoms with Crippen LogP contribution in [0.15, 0.2) is 91.0 Å². The fourth-order valence-electron chi connectivity index (χ4n) is 5.46. The molecule has 1 aliphatic rings. The Morgan fingerprint density at radius 3 is 1.49 bits per heavy atom. The summed E-state index contributed by atoms with van der Waals surface area (Å²) in [5.41, 5.74) is 2.58. The second-order valence-corrected chi connectivity index (χ2v) is 11.9. The Hall–Kier alpha value is -4.62. The topological polar surface area (TPSA) is 138 Å². The summed E-state index contributed by atoms with van der Waals surface area (Å²) < 4.78 is 16.6. The Balaban J connectivity index is 1.45. The predicted molar refractivity (Wildman–Crippen MR) is 182 cm³/mol. The highest BCUT2D eigenvalue weighted by Gasteiger charge is 2.28. The molecule has 0 amide bonds. The van der Waals surface area contributed by atoms with Crippen LogP contribution in [0.1, 0.15) is 23.1 Å². The first-order chi connectivity index (χ1) is 23.8. The van der Waals surface area contributed by atoms with Crippen molar-refractivity contribution >= 4 is 23.9 Å². The van der Waals surface area contributed by atoms with Gasteiger partial charge in [-0.2, -0.15) is 0 Å². The Kier molecular flexibility index (Phi) is 15.7. The number of nitrogens with one attached hydrogen (secondary N) is 1. The van der Waals surface area contributed by atoms with E-state index in [1.165, 1.54) is 0 Å². The van der Waals surface area contributed by atoms with Crippen molar-refractivity contribution in [2.45, 2.75) is 32.3 Å². The van der Waals surface area contributed by atoms with Crippen molar-refractivity contribution < 1.29 is 38.5 Å². The zero-order valence-corrected chi connectivity index (χ0v) is 27.8. The van der Waals surface area contributed by atoms with E-state index >= 15 is 0 Å². The maximum atomic E-state index is 13.2. The number of carboxylic acid groups (broad SMARTS) is 1. The molecule has 262 valence electrons. The van der Waals surface area contributed by atoms with Gasteiger partial charge in [0.1, 0.15) is 19.8 Å². The second-order valence-electron chi connectivity index (χ2n) is 11.9. The first-order valence-electron chi connectivity index (χ1n) is 16.5. The van der Waals surface area contributed by atoms with Gasteiger partial charge in [0.15, 0.2) is 0 Å². The van der Waals surface area contributed by atoms with Gasteiger partial charge < -0.3 is 24.6 Å². The molecule has 1 heterocycles. The van der Waals surface area contributed by atoms with E-state index in [9.17, 15) is 24.3 Å². The lowest BCUT2D eigenvalue weighted by Gasteiger charge is -2.36. The first-order valence-corrected chi connectivity index (χ1v) is 16.5. The molecule has 0 radical (unpaired) electrons. The maximum Gasteiger partial charge on any atom is 0.320 e. The van der Waals surface area contributed by atoms with Crippen molar-refractivity contribution in [2.75, 3.05) is 65.4 Å². The summed E-state index contributed by atoms with van der Waals surface area (Å²) in [6, 6.07) is 27.5. The molecule has 1 aliphatic heterocycles. The number of carboxylic acids is 1. The number of hydrogen-bond acceptors (Lipinski definition) is 11. The summed E-state index contributed by atoms with van der Waals surface area (Å²) in [6.45, 7) is 3.05. The van der Waals surface area contributed by atoms with E-state index in [-0.39, 0.29) is 64.9 Å². The number of carbonyl (C=O) groups excluding carboxylic acids is 3. The smallest absolute Gasteiger partial charge is 0.320 e. The zero-order valence-electron chi connectivity index (χ0n) is 27.8. The lowest BCUT2D eigenvalue weighted by molar-refractivity contribution is -0.150. The van der Waals surface area contributed by atoms with Crippen molar-refractivity contribution in [1.82, 2.24) is 20.0 Å². The summed E-state index contributed by atoms with van der Waals surface area (Å²) in [5, 5.41) is 13.3. The first kappa shape index (κ1) is 37.2. The number of nitrogens with zero attached hydrogens (tertiary/aromatic N) is 3. The predicted octanol–water partition coefficient (Wildman–Crippen LogP) is 2.57. The third kappa shape index (κ3) is 14.6. The van der Waals surface area contributed by atoms with Crippen LogP contribution in [0.2, 0.25) is 0 Å². The normalized spacial score (nSPS) is 16.9. The van der Waals surface area contributed by atoms with Crippen LogP contribution in [0.4, 0.5) is 0 Å². The van der Waals surface area contributed by atoms with E-state index in [0.717, 1.165) is 16.7 Å². The van der Waals surface area contributed by atoms with Gasteiger partial charge in [-0.15, -0.1) is 0 Å². The van der Waals surface area contributed by atoms with Gasteiger partial charge in [0.25, 0.3) is 0 Å². The fourth-order valence-corrected chi connectivity index (χ4v) is 5.46. The van der Waals surface area contributed by atoms with E-state index in [1.54, 1.807) is 4.90 Å². The minimum absolute atomic E-state index is 0.0315. The van der Waals surface area contributed by atoms with Crippen LogP contribution in [0, 0.1) is 0 Å². The average molecular weight is 675 g/mol. The molecule has 0 aromatic heterocycles. The molecule has 0 saturated carbocycles. The number of ether oxygens (including phenoxy) is 3. The summed E-state index contributed by atoms with van der Waals surface area (Å²) >= 11 is 0. The van der Waals surface area contributed by atoms with Gasteiger partial charge in [-0.05, 0) is 16.7 Å². The van der Waals surface area contributed by atoms with Crippen molar-refractivity contribution in [3.8, 4) is 0 Å². The molecule has 3 aromatic rings. The Bertz CT molecular complexity index is 1440. The minimum Gasteiger partial charge on any atom is -0.481 e. The molecule has 0 aliphatic carbocycles. The molecule has 49 heavy (non-hydrogen) atoms. The molecular weight excluding hydrogens is 628 g/mol. The Morgan fingerprint density at radius 2 is 1.02 bits per heavy atom. The lowest BCUT2D eigenvalue weighted by atomic mass is 10.1. The molecule has 0 bridgehead atoms. The van der Waals surface area contributed by atoms with Crippen LogP contribution in [0.5, 0.6) is 0 Å². The molecule has 3 aromatic carbocycles. The third-order valence-electron chi connectivity index (χ3n) is 8.07. The standard InChI is InChI=1S/C37H46N4O8/c42-34(43)22-33-23-40(25-36(45)48-28-31-12-6-2-7-13-31)19-17-38-16-18-39(24-35(44)47-27-30-10-4-1-5-11-30)20-21-41(33)26-37(46)49-29-32-14-8-3-9-15-32/h1-15,33,38H,16-29H2,(H,42,43). The molecule has 4 rings (SSSR count). The number of rotatable bonds is 14. The number of esters is 3. The molecule has 1 fully saturated rings. The number of aliphatic carboxylic acids is 1. The summed E-state index contributed by atoms with van der Waals surface area (Å²) in [7, 11) is 0. The number of hydrogen-bond donors (Lipinski definition) is 2. The van der Waals surface area contributed by atoms with Crippen LogP contribution in [0.25, 0.3) is 0 Å². The fraction of sp³-hybridized carbons (Fsp3) is 0.405. The third-order valence-corrected chi connectivity index (χ3v) is 8.07. The molecule has 1 atom stereocenters. The van der Waals surface area contributed by atoms with Crippen molar-refractivity contribution in [3.63, 3.8) is 0 Å². The van der Waals surface area contributed by atoms with Gasteiger partial charge in [0, 0.05) is 51.9 Å². The minimum atomic E-state index is -1.04. The SMILES string of the molecule is O=C(O)CC1CN(CC(=O)OCc2ccccc2)CCNCCN(CC(=O)OCc2ccccc2)CCN1CC(=O)OCc1ccccc1. The maximum absolute atomic E-state index is 13.2. The highest BCUT2D eigenvalue weighted by Crippen LogP contribution is 2.12. The molecule has 0 spiro atoms. The van der Waals surface area contributed by atoms with E-state index < -0.39 is 23.9 Å².